The first-order valence-electron chi connectivity index (χ1n) is 11.5. The van der Waals surface area contributed by atoms with Crippen LogP contribution < -0.4 is 0 Å². The van der Waals surface area contributed by atoms with E-state index < -0.39 is 0 Å². The van der Waals surface area contributed by atoms with Crippen LogP contribution in [-0.2, 0) is 4.79 Å². The van der Waals surface area contributed by atoms with E-state index in [0.29, 0.717) is 29.6 Å². The van der Waals surface area contributed by atoms with Gasteiger partial charge in [0.05, 0.1) is 6.10 Å². The molecule has 0 saturated heterocycles. The third-order valence-corrected chi connectivity index (χ3v) is 8.66. The predicted molar refractivity (Wildman–Crippen MR) is 119 cm³/mol. The topological polar surface area (TPSA) is 37.3 Å². The molecular formula is C27H36O2. The molecule has 0 aromatic heterocycles. The van der Waals surface area contributed by atoms with Gasteiger partial charge in [-0.3, -0.25) is 4.79 Å². The number of allylic oxidation sites excluding steroid dienone is 2. The molecule has 0 heterocycles. The number of hydrogen-bond acceptors (Lipinski definition) is 2. The number of aliphatic hydroxyl groups excluding tert-OH is 1. The van der Waals surface area contributed by atoms with E-state index in [2.05, 4.69) is 38.6 Å². The van der Waals surface area contributed by atoms with Crippen molar-refractivity contribution in [3.05, 3.63) is 53.6 Å². The van der Waals surface area contributed by atoms with Gasteiger partial charge in [-0.1, -0.05) is 62.8 Å². The molecule has 7 unspecified atom stereocenters. The molecule has 29 heavy (non-hydrogen) atoms. The summed E-state index contributed by atoms with van der Waals surface area (Å²) in [6.07, 6.45) is 10.4. The quantitative estimate of drug-likeness (QED) is 0.384. The van der Waals surface area contributed by atoms with Crippen molar-refractivity contribution in [2.24, 2.45) is 35.0 Å². The Kier molecular flexibility index (Phi) is 5.84. The average molecular weight is 393 g/mol. The van der Waals surface area contributed by atoms with Crippen LogP contribution in [0.15, 0.2) is 48.1 Å². The zero-order valence-corrected chi connectivity index (χ0v) is 18.0. The highest BCUT2D eigenvalue weighted by Crippen LogP contribution is 2.62. The van der Waals surface area contributed by atoms with Gasteiger partial charge in [0.15, 0.2) is 0 Å². The first-order valence-corrected chi connectivity index (χ1v) is 11.5. The van der Waals surface area contributed by atoms with E-state index in [4.69, 9.17) is 0 Å². The van der Waals surface area contributed by atoms with Crippen molar-refractivity contribution < 1.29 is 9.90 Å². The summed E-state index contributed by atoms with van der Waals surface area (Å²) in [4.78, 5) is 11.9. The fraction of sp³-hybridized carbons (Fsp3) is 0.593. The second-order valence-corrected chi connectivity index (χ2v) is 10.3. The second kappa shape index (κ2) is 8.22. The Morgan fingerprint density at radius 3 is 2.72 bits per heavy atom. The molecule has 3 aliphatic rings. The fourth-order valence-electron chi connectivity index (χ4n) is 7.07. The molecule has 2 nitrogen and oxygen atoms in total. The lowest BCUT2D eigenvalue weighted by atomic mass is 9.45. The zero-order valence-electron chi connectivity index (χ0n) is 18.0. The zero-order chi connectivity index (χ0) is 20.6. The average Bonchev–Trinajstić information content (AvgIpc) is 2.71. The SMILES string of the molecule is C=C1CC2C(CC(C=O)=Cc3ccccc3)C(C)CCC2C2(C)CCC(O)CC12. The van der Waals surface area contributed by atoms with Crippen molar-refractivity contribution in [2.45, 2.75) is 64.9 Å². The lowest BCUT2D eigenvalue weighted by Crippen LogP contribution is -2.52. The first-order chi connectivity index (χ1) is 13.9. The van der Waals surface area contributed by atoms with Crippen LogP contribution >= 0.6 is 0 Å². The monoisotopic (exact) mass is 392 g/mol. The predicted octanol–water partition coefficient (Wildman–Crippen LogP) is 6.06. The van der Waals surface area contributed by atoms with Crippen molar-refractivity contribution >= 4 is 12.4 Å². The molecule has 0 radical (unpaired) electrons. The van der Waals surface area contributed by atoms with E-state index in [1.807, 2.05) is 18.2 Å². The van der Waals surface area contributed by atoms with Crippen LogP contribution in [0, 0.1) is 35.0 Å². The van der Waals surface area contributed by atoms with Crippen molar-refractivity contribution in [3.8, 4) is 0 Å². The Hall–Kier alpha value is -1.67. The van der Waals surface area contributed by atoms with Gasteiger partial charge >= 0.3 is 0 Å². The van der Waals surface area contributed by atoms with Gasteiger partial charge in [-0.05, 0) is 90.7 Å². The molecule has 3 fully saturated rings. The third-order valence-electron chi connectivity index (χ3n) is 8.66. The van der Waals surface area contributed by atoms with Gasteiger partial charge in [0, 0.05) is 0 Å². The molecule has 7 atom stereocenters. The van der Waals surface area contributed by atoms with Crippen LogP contribution in [0.2, 0.25) is 0 Å². The number of aldehydes is 1. The molecule has 1 aromatic carbocycles. The number of fused-ring (bicyclic) bond motifs is 3. The van der Waals surface area contributed by atoms with E-state index in [1.54, 1.807) is 0 Å². The molecule has 4 rings (SSSR count). The number of hydrogen-bond donors (Lipinski definition) is 1. The van der Waals surface area contributed by atoms with Gasteiger partial charge in [-0.25, -0.2) is 0 Å². The summed E-state index contributed by atoms with van der Waals surface area (Å²) >= 11 is 0. The highest BCUT2D eigenvalue weighted by atomic mass is 16.3. The number of rotatable bonds is 4. The van der Waals surface area contributed by atoms with E-state index in [-0.39, 0.29) is 11.5 Å². The molecular weight excluding hydrogens is 356 g/mol. The molecule has 2 heteroatoms. The van der Waals surface area contributed by atoms with Gasteiger partial charge in [-0.2, -0.15) is 0 Å². The van der Waals surface area contributed by atoms with Crippen molar-refractivity contribution in [1.29, 1.82) is 0 Å². The Balaban J connectivity index is 1.60. The van der Waals surface area contributed by atoms with Crippen LogP contribution in [-0.4, -0.2) is 17.5 Å². The standard InChI is InChI=1S/C27H36O2/c1-18-9-10-25-24(13-19(2)26-16-22(29)11-12-27(25,26)3)23(18)15-21(17-28)14-20-7-5-4-6-8-20/h4-8,14,17-18,22-26,29H,2,9-13,15-16H2,1,3H3. The number of carbonyl (C=O) groups is 1. The molecule has 3 saturated carbocycles. The molecule has 1 aromatic rings. The van der Waals surface area contributed by atoms with E-state index in [1.165, 1.54) is 18.4 Å². The summed E-state index contributed by atoms with van der Waals surface area (Å²) < 4.78 is 0. The molecule has 1 N–H and O–H groups in total. The summed E-state index contributed by atoms with van der Waals surface area (Å²) in [6, 6.07) is 10.2. The maximum absolute atomic E-state index is 11.9. The Labute approximate surface area is 176 Å². The normalized spacial score (nSPS) is 40.1. The largest absolute Gasteiger partial charge is 0.393 e. The lowest BCUT2D eigenvalue weighted by molar-refractivity contribution is -0.105. The van der Waals surface area contributed by atoms with Crippen molar-refractivity contribution in [2.75, 3.05) is 0 Å². The summed E-state index contributed by atoms with van der Waals surface area (Å²) in [7, 11) is 0. The van der Waals surface area contributed by atoms with Gasteiger partial charge in [0.25, 0.3) is 0 Å². The third kappa shape index (κ3) is 3.89. The van der Waals surface area contributed by atoms with Gasteiger partial charge in [0.1, 0.15) is 6.29 Å². The van der Waals surface area contributed by atoms with Crippen LogP contribution in [0.3, 0.4) is 0 Å². The molecule has 156 valence electrons. The molecule has 0 amide bonds. The minimum absolute atomic E-state index is 0.157. The second-order valence-electron chi connectivity index (χ2n) is 10.3. The van der Waals surface area contributed by atoms with E-state index >= 15 is 0 Å². The number of aliphatic hydroxyl groups is 1. The van der Waals surface area contributed by atoms with Crippen LogP contribution in [0.4, 0.5) is 0 Å². The summed E-state index contributed by atoms with van der Waals surface area (Å²) in [6.45, 7) is 9.35. The number of carbonyl (C=O) groups excluding carboxylic acids is 1. The molecule has 3 aliphatic carbocycles. The summed E-state index contributed by atoms with van der Waals surface area (Å²) in [5, 5.41) is 10.3. The fourth-order valence-corrected chi connectivity index (χ4v) is 7.07. The smallest absolute Gasteiger partial charge is 0.146 e. The Bertz CT molecular complexity index is 779. The van der Waals surface area contributed by atoms with Gasteiger partial charge in [-0.15, -0.1) is 0 Å². The number of benzene rings is 1. The highest BCUT2D eigenvalue weighted by molar-refractivity contribution is 5.81. The minimum Gasteiger partial charge on any atom is -0.393 e. The van der Waals surface area contributed by atoms with Crippen LogP contribution in [0.5, 0.6) is 0 Å². The Morgan fingerprint density at radius 1 is 1.24 bits per heavy atom. The van der Waals surface area contributed by atoms with Crippen LogP contribution in [0.1, 0.15) is 64.4 Å². The molecule has 0 aliphatic heterocycles. The van der Waals surface area contributed by atoms with E-state index in [0.717, 1.165) is 49.5 Å². The molecule has 0 bridgehead atoms. The van der Waals surface area contributed by atoms with Gasteiger partial charge < -0.3 is 5.11 Å². The maximum Gasteiger partial charge on any atom is 0.146 e. The maximum atomic E-state index is 11.9. The molecule has 0 spiro atoms. The first kappa shape index (κ1) is 20.6. The van der Waals surface area contributed by atoms with Crippen molar-refractivity contribution in [3.63, 3.8) is 0 Å². The van der Waals surface area contributed by atoms with Gasteiger partial charge in [0.2, 0.25) is 0 Å². The summed E-state index contributed by atoms with van der Waals surface area (Å²) in [5.74, 6) is 2.94. The minimum atomic E-state index is -0.157. The van der Waals surface area contributed by atoms with Crippen LogP contribution in [0.25, 0.3) is 6.08 Å². The highest BCUT2D eigenvalue weighted by Gasteiger charge is 2.55. The lowest BCUT2D eigenvalue weighted by Gasteiger charge is -2.59. The summed E-state index contributed by atoms with van der Waals surface area (Å²) in [5.41, 5.74) is 3.65. The Morgan fingerprint density at radius 2 is 2.00 bits per heavy atom. The van der Waals surface area contributed by atoms with E-state index in [9.17, 15) is 9.90 Å². The van der Waals surface area contributed by atoms with Crippen molar-refractivity contribution in [1.82, 2.24) is 0 Å².